The van der Waals surface area contributed by atoms with Gasteiger partial charge in [0.2, 0.25) is 5.11 Å². The van der Waals surface area contributed by atoms with Gasteiger partial charge in [-0.3, -0.25) is 0 Å². The third-order valence-electron chi connectivity index (χ3n) is 3.42. The molecule has 0 aliphatic carbocycles. The van der Waals surface area contributed by atoms with Gasteiger partial charge in [-0.05, 0) is 36.5 Å². The summed E-state index contributed by atoms with van der Waals surface area (Å²) in [5.74, 6) is 0.735. The van der Waals surface area contributed by atoms with Crippen molar-refractivity contribution in [3.8, 4) is 0 Å². The molecule has 1 heterocycles. The molecule has 3 rings (SSSR count). The summed E-state index contributed by atoms with van der Waals surface area (Å²) in [6.45, 7) is 6.28. The average Bonchev–Trinajstić information content (AvgIpc) is 2.55. The number of thiocarbonyl (C=S) groups is 1. The molecule has 0 saturated heterocycles. The van der Waals surface area contributed by atoms with Crippen LogP contribution >= 0.6 is 12.2 Å². The fraction of sp³-hybridized carbons (Fsp3) is 0.222. The SMILES string of the molecule is CC(C)(C)C1=NN(c2ccccc2)C(=S)N(c2ccccc2)[N]1. The molecule has 0 spiro atoms. The summed E-state index contributed by atoms with van der Waals surface area (Å²) in [4.78, 5) is 0. The van der Waals surface area contributed by atoms with Crippen LogP contribution in [-0.4, -0.2) is 10.9 Å². The van der Waals surface area contributed by atoms with E-state index >= 15 is 0 Å². The summed E-state index contributed by atoms with van der Waals surface area (Å²) in [6, 6.07) is 19.8. The number of para-hydroxylation sites is 2. The van der Waals surface area contributed by atoms with Crippen molar-refractivity contribution in [2.24, 2.45) is 10.5 Å². The molecule has 117 valence electrons. The quantitative estimate of drug-likeness (QED) is 0.777. The van der Waals surface area contributed by atoms with Crippen molar-refractivity contribution in [1.29, 1.82) is 0 Å². The molecular formula is C18H19N4S. The predicted octanol–water partition coefficient (Wildman–Crippen LogP) is 4.18. The van der Waals surface area contributed by atoms with Gasteiger partial charge < -0.3 is 0 Å². The van der Waals surface area contributed by atoms with Gasteiger partial charge in [0.1, 0.15) is 0 Å². The lowest BCUT2D eigenvalue weighted by Crippen LogP contribution is -2.55. The summed E-state index contributed by atoms with van der Waals surface area (Å²) in [7, 11) is 0. The van der Waals surface area contributed by atoms with Crippen molar-refractivity contribution in [3.63, 3.8) is 0 Å². The molecule has 2 aromatic rings. The molecule has 0 saturated carbocycles. The number of anilines is 2. The first-order valence-corrected chi connectivity index (χ1v) is 7.93. The van der Waals surface area contributed by atoms with Crippen LogP contribution in [0.4, 0.5) is 11.4 Å². The highest BCUT2D eigenvalue weighted by Crippen LogP contribution is 2.27. The second-order valence-corrected chi connectivity index (χ2v) is 6.72. The second-order valence-electron chi connectivity index (χ2n) is 6.35. The lowest BCUT2D eigenvalue weighted by Gasteiger charge is -2.37. The molecule has 5 heteroatoms. The minimum Gasteiger partial charge on any atom is -0.204 e. The molecule has 0 aromatic heterocycles. The zero-order chi connectivity index (χ0) is 16.4. The number of hydrogen-bond donors (Lipinski definition) is 0. The first kappa shape index (κ1) is 15.5. The van der Waals surface area contributed by atoms with Crippen LogP contribution in [0, 0.1) is 5.41 Å². The van der Waals surface area contributed by atoms with E-state index in [0.29, 0.717) is 5.11 Å². The monoisotopic (exact) mass is 323 g/mol. The summed E-state index contributed by atoms with van der Waals surface area (Å²) < 4.78 is 0. The van der Waals surface area contributed by atoms with Crippen LogP contribution in [0.1, 0.15) is 20.8 Å². The van der Waals surface area contributed by atoms with Crippen molar-refractivity contribution in [2.45, 2.75) is 20.8 Å². The Labute approximate surface area is 142 Å². The number of nitrogens with zero attached hydrogens (tertiary/aromatic N) is 4. The lowest BCUT2D eigenvalue weighted by atomic mass is 9.95. The molecule has 0 N–H and O–H groups in total. The molecular weight excluding hydrogens is 304 g/mol. The van der Waals surface area contributed by atoms with Gasteiger partial charge in [0.15, 0.2) is 5.84 Å². The zero-order valence-electron chi connectivity index (χ0n) is 13.5. The van der Waals surface area contributed by atoms with Gasteiger partial charge in [-0.25, -0.2) is 10.0 Å². The lowest BCUT2D eigenvalue weighted by molar-refractivity contribution is 0.555. The normalized spacial score (nSPS) is 15.3. The van der Waals surface area contributed by atoms with E-state index in [1.165, 1.54) is 0 Å². The zero-order valence-corrected chi connectivity index (χ0v) is 14.3. The van der Waals surface area contributed by atoms with Crippen LogP contribution in [0.25, 0.3) is 0 Å². The Hall–Kier alpha value is -2.40. The fourth-order valence-corrected chi connectivity index (χ4v) is 2.45. The van der Waals surface area contributed by atoms with E-state index in [9.17, 15) is 0 Å². The summed E-state index contributed by atoms with van der Waals surface area (Å²) in [5.41, 5.74) is 6.35. The minimum atomic E-state index is -0.184. The summed E-state index contributed by atoms with van der Waals surface area (Å²) >= 11 is 5.64. The Morgan fingerprint density at radius 1 is 0.783 bits per heavy atom. The van der Waals surface area contributed by atoms with Crippen LogP contribution < -0.4 is 15.4 Å². The highest BCUT2D eigenvalue weighted by molar-refractivity contribution is 7.80. The van der Waals surface area contributed by atoms with E-state index in [0.717, 1.165) is 17.2 Å². The largest absolute Gasteiger partial charge is 0.222 e. The minimum absolute atomic E-state index is 0.184. The molecule has 0 fully saturated rings. The first-order chi connectivity index (χ1) is 11.0. The Morgan fingerprint density at radius 2 is 1.26 bits per heavy atom. The molecule has 4 nitrogen and oxygen atoms in total. The highest BCUT2D eigenvalue weighted by Gasteiger charge is 2.33. The van der Waals surface area contributed by atoms with Crippen LogP contribution in [0.15, 0.2) is 65.8 Å². The first-order valence-electron chi connectivity index (χ1n) is 7.52. The maximum absolute atomic E-state index is 5.64. The molecule has 0 amide bonds. The maximum Gasteiger partial charge on any atom is 0.222 e. The van der Waals surface area contributed by atoms with Crippen molar-refractivity contribution >= 4 is 34.5 Å². The number of hydrazone groups is 1. The number of benzene rings is 2. The van der Waals surface area contributed by atoms with Crippen molar-refractivity contribution in [3.05, 3.63) is 60.7 Å². The topological polar surface area (TPSA) is 32.9 Å². The van der Waals surface area contributed by atoms with E-state index < -0.39 is 0 Å². The van der Waals surface area contributed by atoms with Gasteiger partial charge in [-0.1, -0.05) is 57.2 Å². The molecule has 2 aromatic carbocycles. The molecule has 1 aliphatic heterocycles. The number of hydrogen-bond acceptors (Lipinski definition) is 2. The van der Waals surface area contributed by atoms with Crippen LogP contribution in [0.5, 0.6) is 0 Å². The average molecular weight is 323 g/mol. The molecule has 0 unspecified atom stereocenters. The van der Waals surface area contributed by atoms with Gasteiger partial charge in [-0.15, -0.1) is 10.5 Å². The third kappa shape index (κ3) is 3.19. The predicted molar refractivity (Wildman–Crippen MR) is 99.5 cm³/mol. The Morgan fingerprint density at radius 3 is 1.74 bits per heavy atom. The van der Waals surface area contributed by atoms with Crippen LogP contribution in [-0.2, 0) is 0 Å². The van der Waals surface area contributed by atoms with Gasteiger partial charge in [0.05, 0.1) is 11.4 Å². The van der Waals surface area contributed by atoms with Gasteiger partial charge in [0.25, 0.3) is 0 Å². The van der Waals surface area contributed by atoms with E-state index in [1.807, 2.05) is 60.7 Å². The summed E-state index contributed by atoms with van der Waals surface area (Å²) in [6.07, 6.45) is 0. The van der Waals surface area contributed by atoms with E-state index in [4.69, 9.17) is 12.2 Å². The fourth-order valence-electron chi connectivity index (χ4n) is 2.16. The highest BCUT2D eigenvalue weighted by atomic mass is 32.1. The van der Waals surface area contributed by atoms with Crippen molar-refractivity contribution in [1.82, 2.24) is 5.43 Å². The number of amidine groups is 1. The smallest absolute Gasteiger partial charge is 0.204 e. The van der Waals surface area contributed by atoms with E-state index in [1.54, 1.807) is 10.0 Å². The van der Waals surface area contributed by atoms with Gasteiger partial charge >= 0.3 is 0 Å². The Balaban J connectivity index is 2.06. The molecule has 0 atom stereocenters. The van der Waals surface area contributed by atoms with Crippen LogP contribution in [0.2, 0.25) is 0 Å². The third-order valence-corrected chi connectivity index (χ3v) is 3.77. The Kier molecular flexibility index (Phi) is 4.05. The number of rotatable bonds is 2. The standard InChI is InChI=1S/C18H19N4S/c1-18(2,3)16-19-21(14-10-6-4-7-11-14)17(23)22(20-16)15-12-8-5-9-13-15/h4-13H,1-3H3. The molecule has 1 aliphatic rings. The summed E-state index contributed by atoms with van der Waals surface area (Å²) in [5, 5.41) is 8.77. The van der Waals surface area contributed by atoms with E-state index in [2.05, 4.69) is 31.3 Å². The molecule has 0 bridgehead atoms. The Bertz CT molecular complexity index is 720. The van der Waals surface area contributed by atoms with Crippen LogP contribution in [0.3, 0.4) is 0 Å². The van der Waals surface area contributed by atoms with E-state index in [-0.39, 0.29) is 5.41 Å². The molecule has 1 radical (unpaired) electrons. The maximum atomic E-state index is 5.64. The van der Waals surface area contributed by atoms with Crippen molar-refractivity contribution < 1.29 is 0 Å². The van der Waals surface area contributed by atoms with Gasteiger partial charge in [0, 0.05) is 5.41 Å². The second kappa shape index (κ2) is 6.01. The molecule has 23 heavy (non-hydrogen) atoms. The van der Waals surface area contributed by atoms with Gasteiger partial charge in [-0.2, -0.15) is 0 Å². The van der Waals surface area contributed by atoms with Crippen molar-refractivity contribution in [2.75, 3.05) is 10.0 Å².